The summed E-state index contributed by atoms with van der Waals surface area (Å²) < 4.78 is 0. The number of amides is 1. The lowest BCUT2D eigenvalue weighted by Gasteiger charge is -2.19. The molecule has 3 N–H and O–H groups in total. The first-order valence-electron chi connectivity index (χ1n) is 5.70. The number of hydrogen-bond donors (Lipinski definition) is 2. The molecule has 0 heterocycles. The number of thiocarbonyl (C=S) groups is 1. The van der Waals surface area contributed by atoms with Gasteiger partial charge in [-0.1, -0.05) is 43.7 Å². The van der Waals surface area contributed by atoms with E-state index in [-0.39, 0.29) is 16.8 Å². The van der Waals surface area contributed by atoms with Crippen LogP contribution in [0.2, 0.25) is 5.02 Å². The third kappa shape index (κ3) is 3.43. The number of carbonyl (C=O) groups excluding carboxylic acids is 1. The van der Waals surface area contributed by atoms with Crippen LogP contribution in [0.4, 0.5) is 5.69 Å². The van der Waals surface area contributed by atoms with E-state index in [1.165, 1.54) is 0 Å². The van der Waals surface area contributed by atoms with Gasteiger partial charge in [0.2, 0.25) is 5.91 Å². The molecule has 0 spiro atoms. The van der Waals surface area contributed by atoms with Crippen molar-refractivity contribution in [2.75, 3.05) is 5.32 Å². The fourth-order valence-electron chi connectivity index (χ4n) is 1.71. The predicted molar refractivity (Wildman–Crippen MR) is 79.9 cm³/mol. The van der Waals surface area contributed by atoms with Crippen LogP contribution in [0.15, 0.2) is 18.2 Å². The molecular formula is C13H17ClN2OS. The first kappa shape index (κ1) is 14.9. The van der Waals surface area contributed by atoms with E-state index in [1.807, 2.05) is 20.8 Å². The second-order valence-corrected chi connectivity index (χ2v) is 5.40. The lowest BCUT2D eigenvalue weighted by Crippen LogP contribution is -2.36. The molecule has 0 aliphatic carbocycles. The van der Waals surface area contributed by atoms with Crippen molar-refractivity contribution in [2.45, 2.75) is 20.8 Å². The number of rotatable bonds is 4. The molecule has 5 heteroatoms. The molecule has 1 rings (SSSR count). The first-order valence-corrected chi connectivity index (χ1v) is 6.48. The van der Waals surface area contributed by atoms with Crippen LogP contribution in [-0.4, -0.2) is 10.9 Å². The van der Waals surface area contributed by atoms with Crippen molar-refractivity contribution in [1.29, 1.82) is 0 Å². The van der Waals surface area contributed by atoms with Gasteiger partial charge >= 0.3 is 0 Å². The monoisotopic (exact) mass is 284 g/mol. The Morgan fingerprint density at radius 1 is 1.44 bits per heavy atom. The van der Waals surface area contributed by atoms with Gasteiger partial charge in [-0.25, -0.2) is 0 Å². The van der Waals surface area contributed by atoms with E-state index in [2.05, 4.69) is 5.32 Å². The lowest BCUT2D eigenvalue weighted by atomic mass is 9.95. The van der Waals surface area contributed by atoms with Crippen molar-refractivity contribution in [2.24, 2.45) is 17.6 Å². The Kier molecular flexibility index (Phi) is 5.11. The van der Waals surface area contributed by atoms with E-state index in [1.54, 1.807) is 18.2 Å². The van der Waals surface area contributed by atoms with Gasteiger partial charge in [0.25, 0.3) is 0 Å². The van der Waals surface area contributed by atoms with Crippen molar-refractivity contribution in [3.8, 4) is 0 Å². The summed E-state index contributed by atoms with van der Waals surface area (Å²) in [4.78, 5) is 12.3. The number of anilines is 1. The van der Waals surface area contributed by atoms with Crippen LogP contribution >= 0.6 is 23.8 Å². The van der Waals surface area contributed by atoms with Crippen LogP contribution in [-0.2, 0) is 4.79 Å². The van der Waals surface area contributed by atoms with Crippen molar-refractivity contribution >= 4 is 40.4 Å². The Bertz CT molecular complexity index is 474. The second kappa shape index (κ2) is 6.16. The highest BCUT2D eigenvalue weighted by molar-refractivity contribution is 7.80. The third-order valence-electron chi connectivity index (χ3n) is 2.78. The minimum atomic E-state index is -0.474. The SMILES string of the molecule is Cc1c(Cl)cccc1NC(=O)C(C(N)=S)C(C)C. The first-order chi connectivity index (χ1) is 8.34. The summed E-state index contributed by atoms with van der Waals surface area (Å²) >= 11 is 10.9. The molecule has 1 aromatic rings. The van der Waals surface area contributed by atoms with Gasteiger partial charge in [-0.3, -0.25) is 4.79 Å². The van der Waals surface area contributed by atoms with E-state index in [0.717, 1.165) is 5.56 Å². The molecule has 0 saturated carbocycles. The highest BCUT2D eigenvalue weighted by Gasteiger charge is 2.25. The van der Waals surface area contributed by atoms with Crippen LogP contribution in [0.3, 0.4) is 0 Å². The fourth-order valence-corrected chi connectivity index (χ4v) is 2.27. The smallest absolute Gasteiger partial charge is 0.234 e. The maximum Gasteiger partial charge on any atom is 0.234 e. The molecule has 0 bridgehead atoms. The molecule has 0 aromatic heterocycles. The summed E-state index contributed by atoms with van der Waals surface area (Å²) in [6.45, 7) is 5.67. The molecule has 0 aliphatic rings. The van der Waals surface area contributed by atoms with Crippen molar-refractivity contribution < 1.29 is 4.79 Å². The number of halogens is 1. The molecule has 98 valence electrons. The summed E-state index contributed by atoms with van der Waals surface area (Å²) in [6, 6.07) is 5.37. The standard InChI is InChI=1S/C13H17ClN2OS/c1-7(2)11(12(15)18)13(17)16-10-6-4-5-9(14)8(10)3/h4-7,11H,1-3H3,(H2,15,18)(H,16,17). The Hall–Kier alpha value is -1.13. The molecule has 0 radical (unpaired) electrons. The van der Waals surface area contributed by atoms with Crippen LogP contribution in [0.1, 0.15) is 19.4 Å². The van der Waals surface area contributed by atoms with Gasteiger partial charge in [0.15, 0.2) is 0 Å². The summed E-state index contributed by atoms with van der Waals surface area (Å²) in [5.74, 6) is -0.608. The normalized spacial score (nSPS) is 12.3. The van der Waals surface area contributed by atoms with Gasteiger partial charge in [-0.05, 0) is 30.5 Å². The van der Waals surface area contributed by atoms with E-state index < -0.39 is 5.92 Å². The largest absolute Gasteiger partial charge is 0.393 e. The van der Waals surface area contributed by atoms with Crippen LogP contribution in [0, 0.1) is 18.8 Å². The molecule has 0 aliphatic heterocycles. The number of carbonyl (C=O) groups is 1. The van der Waals surface area contributed by atoms with Gasteiger partial charge in [0.05, 0.1) is 10.9 Å². The molecule has 0 saturated heterocycles. The van der Waals surface area contributed by atoms with E-state index in [0.29, 0.717) is 10.7 Å². The molecule has 1 amide bonds. The predicted octanol–water partition coefficient (Wildman–Crippen LogP) is 3.15. The fraction of sp³-hybridized carbons (Fsp3) is 0.385. The van der Waals surface area contributed by atoms with Crippen LogP contribution in [0.5, 0.6) is 0 Å². The van der Waals surface area contributed by atoms with Gasteiger partial charge < -0.3 is 11.1 Å². The Morgan fingerprint density at radius 2 is 2.06 bits per heavy atom. The molecule has 18 heavy (non-hydrogen) atoms. The maximum absolute atomic E-state index is 12.1. The third-order valence-corrected chi connectivity index (χ3v) is 3.44. The van der Waals surface area contributed by atoms with Gasteiger partial charge in [-0.15, -0.1) is 0 Å². The average molecular weight is 285 g/mol. The molecule has 0 fully saturated rings. The minimum Gasteiger partial charge on any atom is -0.393 e. The summed E-state index contributed by atoms with van der Waals surface area (Å²) in [6.07, 6.45) is 0. The highest BCUT2D eigenvalue weighted by atomic mass is 35.5. The maximum atomic E-state index is 12.1. The Morgan fingerprint density at radius 3 is 2.56 bits per heavy atom. The summed E-state index contributed by atoms with van der Waals surface area (Å²) in [5.41, 5.74) is 7.13. The zero-order valence-electron chi connectivity index (χ0n) is 10.7. The zero-order chi connectivity index (χ0) is 13.9. The van der Waals surface area contributed by atoms with Crippen molar-refractivity contribution in [3.63, 3.8) is 0 Å². The molecule has 1 aromatic carbocycles. The molecular weight excluding hydrogens is 268 g/mol. The molecule has 1 unspecified atom stereocenters. The zero-order valence-corrected chi connectivity index (χ0v) is 12.2. The van der Waals surface area contributed by atoms with E-state index in [9.17, 15) is 4.79 Å². The van der Waals surface area contributed by atoms with Gasteiger partial charge in [0, 0.05) is 10.7 Å². The van der Waals surface area contributed by atoms with Crippen LogP contribution < -0.4 is 11.1 Å². The minimum absolute atomic E-state index is 0.0574. The quantitative estimate of drug-likeness (QED) is 0.835. The number of benzene rings is 1. The Labute approximate surface area is 118 Å². The number of nitrogens with one attached hydrogen (secondary N) is 1. The highest BCUT2D eigenvalue weighted by Crippen LogP contribution is 2.24. The number of nitrogens with two attached hydrogens (primary N) is 1. The topological polar surface area (TPSA) is 55.1 Å². The van der Waals surface area contributed by atoms with Crippen molar-refractivity contribution in [1.82, 2.24) is 0 Å². The van der Waals surface area contributed by atoms with Gasteiger partial charge in [0.1, 0.15) is 0 Å². The van der Waals surface area contributed by atoms with Crippen LogP contribution in [0.25, 0.3) is 0 Å². The molecule has 3 nitrogen and oxygen atoms in total. The lowest BCUT2D eigenvalue weighted by molar-refractivity contribution is -0.118. The second-order valence-electron chi connectivity index (χ2n) is 4.53. The van der Waals surface area contributed by atoms with Gasteiger partial charge in [-0.2, -0.15) is 0 Å². The average Bonchev–Trinajstić information content (AvgIpc) is 2.23. The summed E-state index contributed by atoms with van der Waals surface area (Å²) in [5, 5.41) is 3.44. The van der Waals surface area contributed by atoms with E-state index in [4.69, 9.17) is 29.6 Å². The number of hydrogen-bond acceptors (Lipinski definition) is 2. The van der Waals surface area contributed by atoms with E-state index >= 15 is 0 Å². The summed E-state index contributed by atoms with van der Waals surface area (Å²) in [7, 11) is 0. The Balaban J connectivity index is 2.93. The molecule has 1 atom stereocenters. The van der Waals surface area contributed by atoms with Crippen molar-refractivity contribution in [3.05, 3.63) is 28.8 Å².